The summed E-state index contributed by atoms with van der Waals surface area (Å²) in [5.74, 6) is 0.854. The Morgan fingerprint density at radius 3 is 2.47 bits per heavy atom. The fourth-order valence-corrected chi connectivity index (χ4v) is 4.38. The molecular formula is C24H25N7O5. The van der Waals surface area contributed by atoms with E-state index in [-0.39, 0.29) is 36.0 Å². The molecule has 3 aromatic heterocycles. The van der Waals surface area contributed by atoms with Crippen LogP contribution in [0, 0.1) is 17.2 Å². The van der Waals surface area contributed by atoms with Crippen molar-refractivity contribution in [2.45, 2.75) is 12.8 Å². The van der Waals surface area contributed by atoms with E-state index in [9.17, 15) is 14.9 Å². The number of carbonyl (C=O) groups excluding carboxylic acids is 2. The summed E-state index contributed by atoms with van der Waals surface area (Å²) >= 11 is 0. The van der Waals surface area contributed by atoms with Gasteiger partial charge < -0.3 is 28.3 Å². The second-order valence-corrected chi connectivity index (χ2v) is 8.55. The Bertz CT molecular complexity index is 1220. The molecule has 12 heteroatoms. The van der Waals surface area contributed by atoms with Gasteiger partial charge in [-0.2, -0.15) is 10.2 Å². The third-order valence-corrected chi connectivity index (χ3v) is 6.37. The number of esters is 1. The highest BCUT2D eigenvalue weighted by atomic mass is 16.5. The Kier molecular flexibility index (Phi) is 6.79. The zero-order chi connectivity index (χ0) is 24.9. The van der Waals surface area contributed by atoms with E-state index in [4.69, 9.17) is 13.6 Å². The predicted octanol–water partition coefficient (Wildman–Crippen LogP) is 1.70. The van der Waals surface area contributed by atoms with Gasteiger partial charge in [0.15, 0.2) is 12.4 Å². The highest BCUT2D eigenvalue weighted by molar-refractivity contribution is 5.81. The number of furan rings is 1. The molecular weight excluding hydrogens is 466 g/mol. The van der Waals surface area contributed by atoms with Crippen molar-refractivity contribution in [3.63, 3.8) is 0 Å². The van der Waals surface area contributed by atoms with Crippen molar-refractivity contribution in [2.24, 2.45) is 5.92 Å². The first-order chi connectivity index (χ1) is 17.6. The van der Waals surface area contributed by atoms with Gasteiger partial charge in [0.25, 0.3) is 11.8 Å². The van der Waals surface area contributed by atoms with Crippen LogP contribution in [-0.2, 0) is 14.3 Å². The second kappa shape index (κ2) is 10.5. The molecule has 36 heavy (non-hydrogen) atoms. The lowest BCUT2D eigenvalue weighted by atomic mass is 9.97. The standard InChI is InChI=1S/C24H25N7O5/c25-15-18-22(36-21(28-18)19-3-1-14-34-19)30-12-10-29(11-13-30)20(32)16-35-23(33)17-4-8-31(9-5-17)24-26-6-2-7-27-24/h1-3,6-7,14,17H,4-5,8-13,16H2. The minimum Gasteiger partial charge on any atom is -0.459 e. The molecule has 0 spiro atoms. The largest absolute Gasteiger partial charge is 0.459 e. The van der Waals surface area contributed by atoms with Gasteiger partial charge in [0, 0.05) is 51.7 Å². The van der Waals surface area contributed by atoms with Gasteiger partial charge >= 0.3 is 5.97 Å². The van der Waals surface area contributed by atoms with Crippen molar-refractivity contribution >= 4 is 23.7 Å². The van der Waals surface area contributed by atoms with Crippen LogP contribution in [0.4, 0.5) is 11.8 Å². The van der Waals surface area contributed by atoms with Gasteiger partial charge in [0.05, 0.1) is 12.2 Å². The molecule has 0 atom stereocenters. The van der Waals surface area contributed by atoms with Crippen molar-refractivity contribution in [1.82, 2.24) is 19.9 Å². The average Bonchev–Trinajstić information content (AvgIpc) is 3.62. The molecule has 0 saturated carbocycles. The average molecular weight is 492 g/mol. The lowest BCUT2D eigenvalue weighted by Gasteiger charge is -2.34. The van der Waals surface area contributed by atoms with Crippen molar-refractivity contribution < 1.29 is 23.2 Å². The molecule has 186 valence electrons. The number of anilines is 2. The summed E-state index contributed by atoms with van der Waals surface area (Å²) in [6.45, 7) is 2.78. The van der Waals surface area contributed by atoms with E-state index in [2.05, 4.69) is 15.0 Å². The minimum atomic E-state index is -0.346. The van der Waals surface area contributed by atoms with E-state index in [0.29, 0.717) is 69.7 Å². The molecule has 5 heterocycles. The predicted molar refractivity (Wildman–Crippen MR) is 126 cm³/mol. The van der Waals surface area contributed by atoms with Crippen LogP contribution in [0.3, 0.4) is 0 Å². The van der Waals surface area contributed by atoms with Crippen molar-refractivity contribution in [2.75, 3.05) is 55.7 Å². The molecule has 3 aromatic rings. The first kappa shape index (κ1) is 23.3. The number of hydrogen-bond acceptors (Lipinski definition) is 11. The van der Waals surface area contributed by atoms with Crippen LogP contribution < -0.4 is 9.80 Å². The first-order valence-electron chi connectivity index (χ1n) is 11.8. The maximum Gasteiger partial charge on any atom is 0.309 e. The smallest absolute Gasteiger partial charge is 0.309 e. The number of nitrogens with zero attached hydrogens (tertiary/aromatic N) is 7. The lowest BCUT2D eigenvalue weighted by Crippen LogP contribution is -2.50. The maximum atomic E-state index is 12.7. The number of nitriles is 1. The van der Waals surface area contributed by atoms with Gasteiger partial charge in [0.1, 0.15) is 6.07 Å². The number of piperidine rings is 1. The summed E-state index contributed by atoms with van der Waals surface area (Å²) in [4.78, 5) is 43.4. The number of carbonyl (C=O) groups is 2. The van der Waals surface area contributed by atoms with Crippen LogP contribution in [0.2, 0.25) is 0 Å². The number of rotatable bonds is 6. The van der Waals surface area contributed by atoms with Gasteiger partial charge in [-0.3, -0.25) is 9.59 Å². The zero-order valence-electron chi connectivity index (χ0n) is 19.6. The molecule has 0 radical (unpaired) electrons. The van der Waals surface area contributed by atoms with E-state index in [0.717, 1.165) is 0 Å². The van der Waals surface area contributed by atoms with Crippen LogP contribution in [0.25, 0.3) is 11.7 Å². The highest BCUT2D eigenvalue weighted by Gasteiger charge is 2.30. The monoisotopic (exact) mass is 491 g/mol. The normalized spacial score (nSPS) is 16.6. The summed E-state index contributed by atoms with van der Waals surface area (Å²) in [6.07, 6.45) is 6.15. The summed E-state index contributed by atoms with van der Waals surface area (Å²) in [5, 5.41) is 9.45. The fraction of sp³-hybridized carbons (Fsp3) is 0.417. The van der Waals surface area contributed by atoms with Crippen LogP contribution in [0.1, 0.15) is 18.5 Å². The third kappa shape index (κ3) is 5.00. The molecule has 2 aliphatic rings. The third-order valence-electron chi connectivity index (χ3n) is 6.37. The molecule has 2 saturated heterocycles. The Morgan fingerprint density at radius 2 is 1.81 bits per heavy atom. The SMILES string of the molecule is N#Cc1nc(-c2ccco2)oc1N1CCN(C(=O)COC(=O)C2CCN(c3ncccn3)CC2)CC1. The fourth-order valence-electron chi connectivity index (χ4n) is 4.38. The zero-order valence-corrected chi connectivity index (χ0v) is 19.6. The molecule has 0 aliphatic carbocycles. The minimum absolute atomic E-state index is 0.167. The lowest BCUT2D eigenvalue weighted by molar-refractivity contribution is -0.156. The number of piperazine rings is 1. The maximum absolute atomic E-state index is 12.7. The summed E-state index contributed by atoms with van der Waals surface area (Å²) in [7, 11) is 0. The number of amides is 1. The first-order valence-corrected chi connectivity index (χ1v) is 11.8. The van der Waals surface area contributed by atoms with E-state index < -0.39 is 0 Å². The molecule has 0 N–H and O–H groups in total. The number of oxazole rings is 1. The topological polar surface area (TPSA) is 142 Å². The Morgan fingerprint density at radius 1 is 1.06 bits per heavy atom. The molecule has 1 amide bonds. The van der Waals surface area contributed by atoms with Gasteiger partial charge in [-0.25, -0.2) is 9.97 Å². The number of hydrogen-bond donors (Lipinski definition) is 0. The van der Waals surface area contributed by atoms with E-state index >= 15 is 0 Å². The second-order valence-electron chi connectivity index (χ2n) is 8.55. The van der Waals surface area contributed by atoms with E-state index in [1.54, 1.807) is 35.5 Å². The van der Waals surface area contributed by atoms with Gasteiger partial charge in [-0.1, -0.05) is 0 Å². The number of aromatic nitrogens is 3. The molecule has 2 aliphatic heterocycles. The summed E-state index contributed by atoms with van der Waals surface area (Å²) in [5.41, 5.74) is 0.167. The van der Waals surface area contributed by atoms with Gasteiger partial charge in [-0.05, 0) is 31.0 Å². The quantitative estimate of drug-likeness (QED) is 0.465. The van der Waals surface area contributed by atoms with Crippen LogP contribution in [-0.4, -0.2) is 77.6 Å². The van der Waals surface area contributed by atoms with Crippen LogP contribution in [0.15, 0.2) is 45.7 Å². The Hall–Kier alpha value is -4.40. The van der Waals surface area contributed by atoms with E-state index in [1.807, 2.05) is 15.9 Å². The Labute approximate surface area is 207 Å². The molecule has 0 aromatic carbocycles. The summed E-state index contributed by atoms with van der Waals surface area (Å²) in [6, 6.07) is 7.23. The molecule has 5 rings (SSSR count). The number of ether oxygens (including phenoxy) is 1. The summed E-state index contributed by atoms with van der Waals surface area (Å²) < 4.78 is 16.4. The van der Waals surface area contributed by atoms with Gasteiger partial charge in [0.2, 0.25) is 17.5 Å². The van der Waals surface area contributed by atoms with E-state index in [1.165, 1.54) is 6.26 Å². The Balaban J connectivity index is 1.08. The van der Waals surface area contributed by atoms with Crippen molar-refractivity contribution in [3.05, 3.63) is 42.5 Å². The van der Waals surface area contributed by atoms with Crippen molar-refractivity contribution in [3.8, 4) is 17.7 Å². The molecule has 2 fully saturated rings. The molecule has 0 unspecified atom stereocenters. The molecule has 0 bridgehead atoms. The molecule has 12 nitrogen and oxygen atoms in total. The highest BCUT2D eigenvalue weighted by Crippen LogP contribution is 2.29. The van der Waals surface area contributed by atoms with Gasteiger partial charge in [-0.15, -0.1) is 0 Å². The van der Waals surface area contributed by atoms with Crippen LogP contribution >= 0.6 is 0 Å². The van der Waals surface area contributed by atoms with Crippen LogP contribution in [0.5, 0.6) is 0 Å². The van der Waals surface area contributed by atoms with Crippen molar-refractivity contribution in [1.29, 1.82) is 5.26 Å².